The van der Waals surface area contributed by atoms with E-state index in [-0.39, 0.29) is 11.6 Å². The molecule has 2 atom stereocenters. The van der Waals surface area contributed by atoms with Crippen LogP contribution in [0.2, 0.25) is 5.02 Å². The topological polar surface area (TPSA) is 53.1 Å². The van der Waals surface area contributed by atoms with Gasteiger partial charge in [0.15, 0.2) is 0 Å². The van der Waals surface area contributed by atoms with Gasteiger partial charge in [0.2, 0.25) is 0 Å². The van der Waals surface area contributed by atoms with Gasteiger partial charge in [-0.1, -0.05) is 17.7 Å². The SMILES string of the molecule is CNSc1cccc(NC(CCC2CN(C)C(C)(C)C2)c2ccc(Cl)cn2)n1. The van der Waals surface area contributed by atoms with Crippen molar-refractivity contribution in [1.82, 2.24) is 19.6 Å². The van der Waals surface area contributed by atoms with Crippen molar-refractivity contribution in [3.05, 3.63) is 47.2 Å². The zero-order chi connectivity index (χ0) is 20.1. The largest absolute Gasteiger partial charge is 0.362 e. The molecule has 1 saturated heterocycles. The molecule has 2 unspecified atom stereocenters. The van der Waals surface area contributed by atoms with Crippen molar-refractivity contribution in [2.45, 2.75) is 49.7 Å². The molecule has 28 heavy (non-hydrogen) atoms. The summed E-state index contributed by atoms with van der Waals surface area (Å²) in [5.74, 6) is 1.57. The van der Waals surface area contributed by atoms with Crippen molar-refractivity contribution in [3.8, 4) is 0 Å². The van der Waals surface area contributed by atoms with Crippen molar-refractivity contribution in [2.75, 3.05) is 26.0 Å². The van der Waals surface area contributed by atoms with Crippen LogP contribution in [0.15, 0.2) is 41.6 Å². The molecule has 0 saturated carbocycles. The molecule has 0 aromatic carbocycles. The van der Waals surface area contributed by atoms with Gasteiger partial charge in [-0.25, -0.2) is 4.98 Å². The van der Waals surface area contributed by atoms with Crippen molar-refractivity contribution in [2.24, 2.45) is 5.92 Å². The van der Waals surface area contributed by atoms with E-state index in [1.165, 1.54) is 18.4 Å². The summed E-state index contributed by atoms with van der Waals surface area (Å²) in [6, 6.07) is 10.1. The van der Waals surface area contributed by atoms with Gasteiger partial charge in [0.05, 0.1) is 16.8 Å². The second-order valence-corrected chi connectivity index (χ2v) is 9.57. The summed E-state index contributed by atoms with van der Waals surface area (Å²) >= 11 is 7.56. The Morgan fingerprint density at radius 3 is 2.79 bits per heavy atom. The van der Waals surface area contributed by atoms with Crippen LogP contribution in [0.3, 0.4) is 0 Å². The summed E-state index contributed by atoms with van der Waals surface area (Å²) in [4.78, 5) is 11.7. The van der Waals surface area contributed by atoms with Crippen LogP contribution in [0.1, 0.15) is 44.8 Å². The molecule has 1 aliphatic rings. The highest BCUT2D eigenvalue weighted by molar-refractivity contribution is 7.97. The first-order chi connectivity index (χ1) is 13.4. The molecule has 1 aliphatic heterocycles. The smallest absolute Gasteiger partial charge is 0.127 e. The van der Waals surface area contributed by atoms with Crippen LogP contribution in [0.25, 0.3) is 0 Å². The van der Waals surface area contributed by atoms with E-state index in [1.54, 1.807) is 6.20 Å². The third-order valence-electron chi connectivity index (χ3n) is 5.58. The van der Waals surface area contributed by atoms with Crippen molar-refractivity contribution in [1.29, 1.82) is 0 Å². The maximum absolute atomic E-state index is 6.05. The van der Waals surface area contributed by atoms with E-state index in [1.807, 2.05) is 37.4 Å². The zero-order valence-corrected chi connectivity index (χ0v) is 18.6. The predicted molar refractivity (Wildman–Crippen MR) is 119 cm³/mol. The molecule has 7 heteroatoms. The third-order valence-corrected chi connectivity index (χ3v) is 6.44. The van der Waals surface area contributed by atoms with Gasteiger partial charge in [-0.05, 0) is 89.3 Å². The van der Waals surface area contributed by atoms with Gasteiger partial charge < -0.3 is 10.2 Å². The molecular weight excluding hydrogens is 390 g/mol. The summed E-state index contributed by atoms with van der Waals surface area (Å²) in [5, 5.41) is 5.20. The van der Waals surface area contributed by atoms with E-state index in [0.29, 0.717) is 10.9 Å². The first-order valence-electron chi connectivity index (χ1n) is 9.77. The van der Waals surface area contributed by atoms with Crippen LogP contribution in [0.4, 0.5) is 5.82 Å². The van der Waals surface area contributed by atoms with Gasteiger partial charge in [-0.2, -0.15) is 0 Å². The van der Waals surface area contributed by atoms with Crippen LogP contribution < -0.4 is 10.0 Å². The molecule has 1 fully saturated rings. The number of anilines is 1. The minimum atomic E-state index is 0.105. The number of likely N-dealkylation sites (tertiary alicyclic amines) is 1. The lowest BCUT2D eigenvalue weighted by Gasteiger charge is -2.26. The first-order valence-corrected chi connectivity index (χ1v) is 11.0. The number of hydrogen-bond donors (Lipinski definition) is 2. The van der Waals surface area contributed by atoms with E-state index in [2.05, 4.69) is 45.8 Å². The number of hydrogen-bond acceptors (Lipinski definition) is 6. The van der Waals surface area contributed by atoms with Crippen LogP contribution in [0.5, 0.6) is 0 Å². The van der Waals surface area contributed by atoms with E-state index in [4.69, 9.17) is 11.6 Å². The van der Waals surface area contributed by atoms with Gasteiger partial charge in [-0.3, -0.25) is 9.71 Å². The lowest BCUT2D eigenvalue weighted by Crippen LogP contribution is -2.34. The Labute approximate surface area is 177 Å². The predicted octanol–water partition coefficient (Wildman–Crippen LogP) is 5.02. The van der Waals surface area contributed by atoms with Crippen molar-refractivity contribution in [3.63, 3.8) is 0 Å². The fourth-order valence-corrected chi connectivity index (χ4v) is 4.49. The number of aromatic nitrogens is 2. The minimum Gasteiger partial charge on any atom is -0.362 e. The number of rotatable bonds is 8. The summed E-state index contributed by atoms with van der Waals surface area (Å²) < 4.78 is 3.07. The minimum absolute atomic E-state index is 0.105. The standard InChI is InChI=1S/C21H30ClN5S/c1-21(2)12-15(14-27(21)4)8-10-18(17-11-9-16(22)13-24-17)25-19-6-5-7-20(26-19)28-23-3/h5-7,9,11,13,15,18,23H,8,10,12,14H2,1-4H3,(H,25,26). The number of pyridine rings is 2. The van der Waals surface area contributed by atoms with Gasteiger partial charge in [0, 0.05) is 18.3 Å². The maximum Gasteiger partial charge on any atom is 0.127 e. The molecule has 0 aliphatic carbocycles. The van der Waals surface area contributed by atoms with Crippen LogP contribution in [0, 0.1) is 5.92 Å². The molecule has 3 heterocycles. The monoisotopic (exact) mass is 419 g/mol. The van der Waals surface area contributed by atoms with Crippen LogP contribution >= 0.6 is 23.5 Å². The third kappa shape index (κ3) is 5.60. The summed E-state index contributed by atoms with van der Waals surface area (Å²) in [6.45, 7) is 5.82. The number of nitrogens with zero attached hydrogens (tertiary/aromatic N) is 3. The van der Waals surface area contributed by atoms with Gasteiger partial charge in [0.25, 0.3) is 0 Å². The highest BCUT2D eigenvalue weighted by Gasteiger charge is 2.35. The summed E-state index contributed by atoms with van der Waals surface area (Å²) in [5.41, 5.74) is 1.29. The second-order valence-electron chi connectivity index (χ2n) is 8.11. The number of nitrogens with one attached hydrogen (secondary N) is 2. The Morgan fingerprint density at radius 2 is 2.14 bits per heavy atom. The Kier molecular flexibility index (Phi) is 7.20. The molecule has 2 aromatic heterocycles. The van der Waals surface area contributed by atoms with E-state index >= 15 is 0 Å². The maximum atomic E-state index is 6.05. The van der Waals surface area contributed by atoms with E-state index in [9.17, 15) is 0 Å². The molecule has 152 valence electrons. The van der Waals surface area contributed by atoms with Crippen LogP contribution in [-0.2, 0) is 0 Å². The molecule has 0 amide bonds. The van der Waals surface area contributed by atoms with Gasteiger partial charge in [0.1, 0.15) is 10.8 Å². The highest BCUT2D eigenvalue weighted by Crippen LogP contribution is 2.35. The fraction of sp³-hybridized carbons (Fsp3) is 0.524. The normalized spacial score (nSPS) is 20.2. The summed E-state index contributed by atoms with van der Waals surface area (Å²) in [6.07, 6.45) is 5.12. The first kappa shape index (κ1) is 21.4. The Bertz CT molecular complexity index is 768. The van der Waals surface area contributed by atoms with Crippen molar-refractivity contribution >= 4 is 29.4 Å². The Balaban J connectivity index is 1.72. The van der Waals surface area contributed by atoms with Gasteiger partial charge >= 0.3 is 0 Å². The van der Waals surface area contributed by atoms with E-state index < -0.39 is 0 Å². The highest BCUT2D eigenvalue weighted by atomic mass is 35.5. The Morgan fingerprint density at radius 1 is 1.32 bits per heavy atom. The molecular formula is C21H30ClN5S. The summed E-state index contributed by atoms with van der Waals surface area (Å²) in [7, 11) is 4.12. The molecule has 2 N–H and O–H groups in total. The lowest BCUT2D eigenvalue weighted by atomic mass is 9.91. The Hall–Kier alpha value is -1.34. The van der Waals surface area contributed by atoms with Crippen molar-refractivity contribution < 1.29 is 0 Å². The van der Waals surface area contributed by atoms with E-state index in [0.717, 1.165) is 35.9 Å². The molecule has 0 bridgehead atoms. The molecule has 0 spiro atoms. The average molecular weight is 420 g/mol. The lowest BCUT2D eigenvalue weighted by molar-refractivity contribution is 0.218. The molecule has 2 aromatic rings. The number of halogens is 1. The zero-order valence-electron chi connectivity index (χ0n) is 17.1. The quantitative estimate of drug-likeness (QED) is 0.586. The second kappa shape index (κ2) is 9.44. The molecule has 0 radical (unpaired) electrons. The molecule has 3 rings (SSSR count). The van der Waals surface area contributed by atoms with Gasteiger partial charge in [-0.15, -0.1) is 0 Å². The fourth-order valence-electron chi connectivity index (χ4n) is 3.88. The molecule has 5 nitrogen and oxygen atoms in total. The average Bonchev–Trinajstić information content (AvgIpc) is 2.92. The van der Waals surface area contributed by atoms with Crippen LogP contribution in [-0.4, -0.2) is 41.0 Å².